The SMILES string of the molecule is CC1(C(=O)CC2CCOCC2)CCCCC1. The van der Waals surface area contributed by atoms with Gasteiger partial charge in [-0.15, -0.1) is 0 Å². The van der Waals surface area contributed by atoms with Gasteiger partial charge < -0.3 is 4.74 Å². The van der Waals surface area contributed by atoms with Crippen LogP contribution in [-0.4, -0.2) is 19.0 Å². The molecule has 16 heavy (non-hydrogen) atoms. The lowest BCUT2D eigenvalue weighted by Gasteiger charge is -2.34. The van der Waals surface area contributed by atoms with E-state index >= 15 is 0 Å². The number of hydrogen-bond donors (Lipinski definition) is 0. The summed E-state index contributed by atoms with van der Waals surface area (Å²) in [4.78, 5) is 12.3. The molecule has 2 rings (SSSR count). The molecule has 0 aromatic heterocycles. The van der Waals surface area contributed by atoms with Gasteiger partial charge in [-0.1, -0.05) is 26.2 Å². The van der Waals surface area contributed by atoms with E-state index in [-0.39, 0.29) is 5.41 Å². The van der Waals surface area contributed by atoms with Crippen LogP contribution >= 0.6 is 0 Å². The average molecular weight is 224 g/mol. The fraction of sp³-hybridized carbons (Fsp3) is 0.929. The first kappa shape index (κ1) is 12.1. The van der Waals surface area contributed by atoms with Gasteiger partial charge in [0.1, 0.15) is 5.78 Å². The monoisotopic (exact) mass is 224 g/mol. The minimum Gasteiger partial charge on any atom is -0.381 e. The van der Waals surface area contributed by atoms with Gasteiger partial charge in [0.25, 0.3) is 0 Å². The van der Waals surface area contributed by atoms with Crippen molar-refractivity contribution in [1.29, 1.82) is 0 Å². The third-order valence-corrected chi connectivity index (χ3v) is 4.45. The van der Waals surface area contributed by atoms with Crippen LogP contribution < -0.4 is 0 Å². The Kier molecular flexibility index (Phi) is 4.01. The molecule has 2 heteroatoms. The van der Waals surface area contributed by atoms with E-state index in [1.807, 2.05) is 0 Å². The van der Waals surface area contributed by atoms with E-state index in [4.69, 9.17) is 4.74 Å². The Morgan fingerprint density at radius 1 is 1.19 bits per heavy atom. The van der Waals surface area contributed by atoms with Crippen LogP contribution in [0.5, 0.6) is 0 Å². The molecule has 1 aliphatic heterocycles. The molecule has 0 N–H and O–H groups in total. The quantitative estimate of drug-likeness (QED) is 0.735. The van der Waals surface area contributed by atoms with Crippen LogP contribution in [-0.2, 0) is 9.53 Å². The van der Waals surface area contributed by atoms with Crippen molar-refractivity contribution in [2.45, 2.75) is 58.3 Å². The molecule has 0 amide bonds. The molecular formula is C14H24O2. The summed E-state index contributed by atoms with van der Waals surface area (Å²) in [5.41, 5.74) is 0.0105. The van der Waals surface area contributed by atoms with Crippen molar-refractivity contribution in [2.75, 3.05) is 13.2 Å². The maximum atomic E-state index is 12.3. The zero-order chi connectivity index (χ0) is 11.4. The molecule has 1 aliphatic carbocycles. The van der Waals surface area contributed by atoms with Crippen LogP contribution in [0.2, 0.25) is 0 Å². The van der Waals surface area contributed by atoms with Gasteiger partial charge >= 0.3 is 0 Å². The smallest absolute Gasteiger partial charge is 0.139 e. The van der Waals surface area contributed by atoms with Crippen LogP contribution in [0.15, 0.2) is 0 Å². The minimum atomic E-state index is 0.0105. The lowest BCUT2D eigenvalue weighted by atomic mass is 9.70. The van der Waals surface area contributed by atoms with Crippen molar-refractivity contribution in [3.8, 4) is 0 Å². The fourth-order valence-corrected chi connectivity index (χ4v) is 3.07. The molecule has 0 bridgehead atoms. The van der Waals surface area contributed by atoms with Gasteiger partial charge in [0.15, 0.2) is 0 Å². The van der Waals surface area contributed by atoms with Gasteiger partial charge in [-0.05, 0) is 31.6 Å². The Balaban J connectivity index is 1.85. The summed E-state index contributed by atoms with van der Waals surface area (Å²) >= 11 is 0. The van der Waals surface area contributed by atoms with E-state index in [0.29, 0.717) is 11.7 Å². The Bertz CT molecular complexity index is 235. The number of Topliss-reactive ketones (excluding diaryl/α,β-unsaturated/α-hetero) is 1. The molecule has 0 aromatic carbocycles. The summed E-state index contributed by atoms with van der Waals surface area (Å²) in [6.07, 6.45) is 9.03. The predicted molar refractivity (Wildman–Crippen MR) is 64.4 cm³/mol. The number of carbonyl (C=O) groups is 1. The molecule has 2 fully saturated rings. The lowest BCUT2D eigenvalue weighted by Crippen LogP contribution is -2.32. The molecule has 2 nitrogen and oxygen atoms in total. The van der Waals surface area contributed by atoms with E-state index in [0.717, 1.165) is 45.3 Å². The number of hydrogen-bond acceptors (Lipinski definition) is 2. The fourth-order valence-electron chi connectivity index (χ4n) is 3.07. The lowest BCUT2D eigenvalue weighted by molar-refractivity contribution is -0.131. The van der Waals surface area contributed by atoms with E-state index in [1.165, 1.54) is 19.3 Å². The third kappa shape index (κ3) is 2.85. The van der Waals surface area contributed by atoms with Crippen molar-refractivity contribution in [1.82, 2.24) is 0 Å². The maximum Gasteiger partial charge on any atom is 0.139 e. The molecule has 0 atom stereocenters. The topological polar surface area (TPSA) is 26.3 Å². The van der Waals surface area contributed by atoms with Crippen molar-refractivity contribution in [2.24, 2.45) is 11.3 Å². The average Bonchev–Trinajstić information content (AvgIpc) is 2.31. The van der Waals surface area contributed by atoms with Crippen LogP contribution in [0, 0.1) is 11.3 Å². The van der Waals surface area contributed by atoms with E-state index in [9.17, 15) is 4.79 Å². The second kappa shape index (κ2) is 5.31. The zero-order valence-corrected chi connectivity index (χ0v) is 10.5. The van der Waals surface area contributed by atoms with E-state index in [2.05, 4.69) is 6.92 Å². The third-order valence-electron chi connectivity index (χ3n) is 4.45. The van der Waals surface area contributed by atoms with E-state index < -0.39 is 0 Å². The van der Waals surface area contributed by atoms with Gasteiger partial charge in [0.2, 0.25) is 0 Å². The standard InChI is InChI=1S/C14H24O2/c1-14(7-3-2-4-8-14)13(15)11-12-5-9-16-10-6-12/h12H,2-11H2,1H3. The molecule has 1 saturated heterocycles. The maximum absolute atomic E-state index is 12.3. The largest absolute Gasteiger partial charge is 0.381 e. The van der Waals surface area contributed by atoms with Crippen molar-refractivity contribution in [3.63, 3.8) is 0 Å². The van der Waals surface area contributed by atoms with Crippen molar-refractivity contribution >= 4 is 5.78 Å². The van der Waals surface area contributed by atoms with E-state index in [1.54, 1.807) is 0 Å². The van der Waals surface area contributed by atoms with Gasteiger partial charge in [-0.2, -0.15) is 0 Å². The number of carbonyl (C=O) groups excluding carboxylic acids is 1. The molecule has 1 heterocycles. The second-order valence-corrected chi connectivity index (χ2v) is 5.80. The Morgan fingerprint density at radius 3 is 2.44 bits per heavy atom. The van der Waals surface area contributed by atoms with Gasteiger partial charge in [-0.3, -0.25) is 4.79 Å². The normalized spacial score (nSPS) is 26.6. The molecule has 0 aromatic rings. The summed E-state index contributed by atoms with van der Waals surface area (Å²) in [7, 11) is 0. The highest BCUT2D eigenvalue weighted by Crippen LogP contribution is 2.38. The predicted octanol–water partition coefficient (Wildman–Crippen LogP) is 3.34. The van der Waals surface area contributed by atoms with Gasteiger partial charge in [0.05, 0.1) is 0 Å². The number of rotatable bonds is 3. The van der Waals surface area contributed by atoms with Crippen LogP contribution in [0.1, 0.15) is 58.3 Å². The summed E-state index contributed by atoms with van der Waals surface area (Å²) < 4.78 is 5.34. The minimum absolute atomic E-state index is 0.0105. The number of ketones is 1. The summed E-state index contributed by atoms with van der Waals surface area (Å²) in [6, 6.07) is 0. The molecule has 0 radical (unpaired) electrons. The summed E-state index contributed by atoms with van der Waals surface area (Å²) in [6.45, 7) is 3.90. The molecule has 2 aliphatic rings. The highest BCUT2D eigenvalue weighted by Gasteiger charge is 2.35. The van der Waals surface area contributed by atoms with Gasteiger partial charge in [0, 0.05) is 25.0 Å². The highest BCUT2D eigenvalue weighted by molar-refractivity contribution is 5.84. The first-order chi connectivity index (χ1) is 7.71. The Hall–Kier alpha value is -0.370. The zero-order valence-electron chi connectivity index (χ0n) is 10.5. The molecule has 92 valence electrons. The highest BCUT2D eigenvalue weighted by atomic mass is 16.5. The molecular weight excluding hydrogens is 200 g/mol. The number of ether oxygens (including phenoxy) is 1. The Labute approximate surface area is 98.7 Å². The van der Waals surface area contributed by atoms with Crippen LogP contribution in [0.3, 0.4) is 0 Å². The van der Waals surface area contributed by atoms with Gasteiger partial charge in [-0.25, -0.2) is 0 Å². The molecule has 0 unspecified atom stereocenters. The Morgan fingerprint density at radius 2 is 1.81 bits per heavy atom. The summed E-state index contributed by atoms with van der Waals surface area (Å²) in [5, 5.41) is 0. The van der Waals surface area contributed by atoms with Crippen molar-refractivity contribution in [3.05, 3.63) is 0 Å². The van der Waals surface area contributed by atoms with Crippen LogP contribution in [0.4, 0.5) is 0 Å². The molecule has 1 saturated carbocycles. The second-order valence-electron chi connectivity index (χ2n) is 5.80. The van der Waals surface area contributed by atoms with Crippen LogP contribution in [0.25, 0.3) is 0 Å². The van der Waals surface area contributed by atoms with Crippen molar-refractivity contribution < 1.29 is 9.53 Å². The summed E-state index contributed by atoms with van der Waals surface area (Å²) in [5.74, 6) is 1.12. The molecule has 0 spiro atoms. The first-order valence-electron chi connectivity index (χ1n) is 6.82. The first-order valence-corrected chi connectivity index (χ1v) is 6.82.